The Hall–Kier alpha value is -1.46. The standard InChI is InChI=1S/C22H40N10.ClH/c23-15-8-16(24)11-30(10-15)20-27-21(31-12-17(25)9-18(26)13-31)29-22(28-20)32-7-3-5-14-4-1-2-6-19(14)32;/h14-19H,1-13,23-26H2;1H/t14?,15-,16+,17-,18+,19?;. The van der Waals surface area contributed by atoms with Crippen molar-refractivity contribution in [3.8, 4) is 0 Å². The third-order valence-electron chi connectivity index (χ3n) is 7.70. The highest BCUT2D eigenvalue weighted by Gasteiger charge is 2.36. The zero-order valence-corrected chi connectivity index (χ0v) is 20.4. The van der Waals surface area contributed by atoms with Crippen molar-refractivity contribution >= 4 is 30.3 Å². The average molecular weight is 481 g/mol. The number of anilines is 3. The zero-order valence-electron chi connectivity index (χ0n) is 19.6. The van der Waals surface area contributed by atoms with Crippen LogP contribution >= 0.6 is 12.4 Å². The normalized spacial score (nSPS) is 35.1. The van der Waals surface area contributed by atoms with Crippen molar-refractivity contribution in [1.82, 2.24) is 15.0 Å². The Morgan fingerprint density at radius 1 is 0.606 bits per heavy atom. The lowest BCUT2D eigenvalue weighted by Gasteiger charge is -2.44. The SMILES string of the molecule is Cl.N[C@@H]1C[C@H](N)CN(c2nc(N3C[C@H](N)C[C@H](N)C3)nc(N3CCCC4CCCCC43)n2)C1. The van der Waals surface area contributed by atoms with Gasteiger partial charge in [-0.15, -0.1) is 12.4 Å². The molecule has 0 aromatic carbocycles. The fourth-order valence-electron chi connectivity index (χ4n) is 6.31. The summed E-state index contributed by atoms with van der Waals surface area (Å²) in [4.78, 5) is 21.6. The Labute approximate surface area is 203 Å². The minimum atomic E-state index is 0. The summed E-state index contributed by atoms with van der Waals surface area (Å²) in [6.07, 6.45) is 9.33. The minimum absolute atomic E-state index is 0. The van der Waals surface area contributed by atoms with E-state index in [-0.39, 0.29) is 36.6 Å². The van der Waals surface area contributed by atoms with Crippen molar-refractivity contribution in [3.05, 3.63) is 0 Å². The van der Waals surface area contributed by atoms with E-state index in [2.05, 4.69) is 14.7 Å². The molecule has 4 aliphatic rings. The fraction of sp³-hybridized carbons (Fsp3) is 0.864. The summed E-state index contributed by atoms with van der Waals surface area (Å²) in [6.45, 7) is 3.84. The maximum Gasteiger partial charge on any atom is 0.232 e. The number of rotatable bonds is 3. The molecule has 6 atom stereocenters. The van der Waals surface area contributed by atoms with Crippen LogP contribution in [0.15, 0.2) is 0 Å². The lowest BCUT2D eigenvalue weighted by atomic mass is 9.78. The molecule has 4 heterocycles. The first-order chi connectivity index (χ1) is 15.5. The molecule has 4 fully saturated rings. The van der Waals surface area contributed by atoms with Crippen LogP contribution in [-0.2, 0) is 0 Å². The highest BCUT2D eigenvalue weighted by atomic mass is 35.5. The summed E-state index contributed by atoms with van der Waals surface area (Å²) in [6, 6.07) is 0.625. The van der Waals surface area contributed by atoms with Crippen molar-refractivity contribution in [2.75, 3.05) is 47.4 Å². The maximum absolute atomic E-state index is 6.29. The predicted octanol–water partition coefficient (Wildman–Crippen LogP) is 0.182. The van der Waals surface area contributed by atoms with E-state index in [4.69, 9.17) is 37.9 Å². The molecule has 11 heteroatoms. The van der Waals surface area contributed by atoms with Gasteiger partial charge in [-0.2, -0.15) is 15.0 Å². The van der Waals surface area contributed by atoms with Crippen LogP contribution in [0.3, 0.4) is 0 Å². The number of hydrogen-bond donors (Lipinski definition) is 4. The van der Waals surface area contributed by atoms with Gasteiger partial charge in [0.15, 0.2) is 0 Å². The number of piperidine rings is 3. The smallest absolute Gasteiger partial charge is 0.232 e. The van der Waals surface area contributed by atoms with E-state index in [0.29, 0.717) is 44.1 Å². The molecular formula is C22H41ClN10. The summed E-state index contributed by atoms with van der Waals surface area (Å²) in [5, 5.41) is 0. The number of hydrogen-bond acceptors (Lipinski definition) is 10. The minimum Gasteiger partial charge on any atom is -0.338 e. The van der Waals surface area contributed by atoms with E-state index >= 15 is 0 Å². The van der Waals surface area contributed by atoms with Gasteiger partial charge >= 0.3 is 0 Å². The molecule has 8 N–H and O–H groups in total. The van der Waals surface area contributed by atoms with Gasteiger partial charge < -0.3 is 37.6 Å². The number of halogens is 1. The van der Waals surface area contributed by atoms with E-state index in [0.717, 1.165) is 31.3 Å². The third kappa shape index (κ3) is 5.45. The summed E-state index contributed by atoms with van der Waals surface area (Å²) in [5.74, 6) is 2.90. The molecule has 0 bridgehead atoms. The van der Waals surface area contributed by atoms with Gasteiger partial charge in [0.2, 0.25) is 17.8 Å². The molecule has 0 spiro atoms. The first kappa shape index (κ1) is 24.7. The van der Waals surface area contributed by atoms with Gasteiger partial charge in [-0.3, -0.25) is 0 Å². The maximum atomic E-state index is 6.29. The van der Waals surface area contributed by atoms with Crippen LogP contribution in [0.2, 0.25) is 0 Å². The molecular weight excluding hydrogens is 440 g/mol. The Bertz CT molecular complexity index is 730. The zero-order chi connectivity index (χ0) is 22.2. The van der Waals surface area contributed by atoms with Gasteiger partial charge in [-0.05, 0) is 44.4 Å². The van der Waals surface area contributed by atoms with Gasteiger partial charge in [0.1, 0.15) is 0 Å². The quantitative estimate of drug-likeness (QED) is 0.471. The van der Waals surface area contributed by atoms with Crippen LogP contribution in [-0.4, -0.2) is 77.9 Å². The average Bonchev–Trinajstić information content (AvgIpc) is 2.77. The first-order valence-electron chi connectivity index (χ1n) is 12.5. The van der Waals surface area contributed by atoms with Gasteiger partial charge in [-0.1, -0.05) is 12.8 Å². The van der Waals surface area contributed by atoms with Crippen molar-refractivity contribution in [1.29, 1.82) is 0 Å². The molecule has 33 heavy (non-hydrogen) atoms. The van der Waals surface area contributed by atoms with E-state index < -0.39 is 0 Å². The Morgan fingerprint density at radius 3 is 1.61 bits per heavy atom. The predicted molar refractivity (Wildman–Crippen MR) is 135 cm³/mol. The molecule has 186 valence electrons. The molecule has 1 aliphatic carbocycles. The molecule has 1 saturated carbocycles. The molecule has 0 amide bonds. The van der Waals surface area contributed by atoms with Gasteiger partial charge in [0.05, 0.1) is 0 Å². The molecule has 1 aromatic rings. The van der Waals surface area contributed by atoms with E-state index in [1.165, 1.54) is 38.5 Å². The number of aromatic nitrogens is 3. The van der Waals surface area contributed by atoms with Gasteiger partial charge in [-0.25, -0.2) is 0 Å². The summed E-state index contributed by atoms with van der Waals surface area (Å²) in [7, 11) is 0. The molecule has 2 unspecified atom stereocenters. The summed E-state index contributed by atoms with van der Waals surface area (Å²) < 4.78 is 0. The second-order valence-corrected chi connectivity index (χ2v) is 10.5. The molecule has 10 nitrogen and oxygen atoms in total. The number of nitrogens with two attached hydrogens (primary N) is 4. The third-order valence-corrected chi connectivity index (χ3v) is 7.70. The van der Waals surface area contributed by atoms with Crippen LogP contribution in [0.5, 0.6) is 0 Å². The van der Waals surface area contributed by atoms with E-state index in [9.17, 15) is 0 Å². The van der Waals surface area contributed by atoms with Crippen molar-refractivity contribution in [2.45, 2.75) is 81.6 Å². The van der Waals surface area contributed by atoms with Gasteiger partial charge in [0, 0.05) is 62.9 Å². The highest BCUT2D eigenvalue weighted by molar-refractivity contribution is 5.85. The second-order valence-electron chi connectivity index (χ2n) is 10.5. The topological polar surface area (TPSA) is 152 Å². The van der Waals surface area contributed by atoms with Gasteiger partial charge in [0.25, 0.3) is 0 Å². The molecule has 5 rings (SSSR count). The Morgan fingerprint density at radius 2 is 1.06 bits per heavy atom. The van der Waals surface area contributed by atoms with Crippen LogP contribution in [0.1, 0.15) is 51.4 Å². The number of nitrogens with zero attached hydrogens (tertiary/aromatic N) is 6. The van der Waals surface area contributed by atoms with Crippen LogP contribution in [0, 0.1) is 5.92 Å². The Kier molecular flexibility index (Phi) is 7.80. The molecule has 3 saturated heterocycles. The molecule has 1 aromatic heterocycles. The fourth-order valence-corrected chi connectivity index (χ4v) is 6.31. The lowest BCUT2D eigenvalue weighted by Crippen LogP contribution is -2.54. The molecule has 3 aliphatic heterocycles. The monoisotopic (exact) mass is 480 g/mol. The highest BCUT2D eigenvalue weighted by Crippen LogP contribution is 2.37. The van der Waals surface area contributed by atoms with Crippen LogP contribution in [0.4, 0.5) is 17.8 Å². The largest absolute Gasteiger partial charge is 0.338 e. The van der Waals surface area contributed by atoms with Crippen LogP contribution < -0.4 is 37.6 Å². The first-order valence-corrected chi connectivity index (χ1v) is 12.5. The van der Waals surface area contributed by atoms with Crippen molar-refractivity contribution in [3.63, 3.8) is 0 Å². The van der Waals surface area contributed by atoms with Crippen molar-refractivity contribution in [2.24, 2.45) is 28.9 Å². The second kappa shape index (κ2) is 10.4. The summed E-state index contributed by atoms with van der Waals surface area (Å²) >= 11 is 0. The Balaban J connectivity index is 0.00000259. The lowest BCUT2D eigenvalue weighted by molar-refractivity contribution is 0.241. The van der Waals surface area contributed by atoms with Crippen LogP contribution in [0.25, 0.3) is 0 Å². The molecule has 0 radical (unpaired) electrons. The van der Waals surface area contributed by atoms with E-state index in [1.807, 2.05) is 0 Å². The van der Waals surface area contributed by atoms with E-state index in [1.54, 1.807) is 0 Å². The summed E-state index contributed by atoms with van der Waals surface area (Å²) in [5.41, 5.74) is 25.2. The number of fused-ring (bicyclic) bond motifs is 1. The van der Waals surface area contributed by atoms with Crippen molar-refractivity contribution < 1.29 is 0 Å².